The smallest absolute Gasteiger partial charge is 0.274 e. The summed E-state index contributed by atoms with van der Waals surface area (Å²) in [4.78, 5) is 27.3. The van der Waals surface area contributed by atoms with E-state index < -0.39 is 19.7 Å². The third-order valence-corrected chi connectivity index (χ3v) is 9.21. The average molecular weight is 646 g/mol. The molecule has 0 aliphatic carbocycles. The van der Waals surface area contributed by atoms with E-state index in [1.54, 1.807) is 43.6 Å². The zero-order valence-corrected chi connectivity index (χ0v) is 26.1. The summed E-state index contributed by atoms with van der Waals surface area (Å²) < 4.78 is 38.3. The first-order valence-electron chi connectivity index (χ1n) is 12.8. The van der Waals surface area contributed by atoms with Gasteiger partial charge in [-0.1, -0.05) is 41.7 Å². The molecule has 10 nitrogen and oxygen atoms in total. The first kappa shape index (κ1) is 31.1. The maximum absolute atomic E-state index is 14.1. The number of fused-ring (bicyclic) bond motifs is 1. The van der Waals surface area contributed by atoms with E-state index in [0.717, 1.165) is 5.56 Å². The summed E-state index contributed by atoms with van der Waals surface area (Å²) >= 11 is 17.3. The fourth-order valence-electron chi connectivity index (χ4n) is 4.85. The molecule has 222 valence electrons. The Bertz CT molecular complexity index is 1560. The molecular formula is C27H31Cl3N4O6S. The second kappa shape index (κ2) is 12.2. The maximum Gasteiger partial charge on any atom is 0.274 e. The molecule has 1 saturated heterocycles. The van der Waals surface area contributed by atoms with Gasteiger partial charge >= 0.3 is 0 Å². The van der Waals surface area contributed by atoms with Crippen molar-refractivity contribution in [2.24, 2.45) is 0 Å². The van der Waals surface area contributed by atoms with Gasteiger partial charge in [0.05, 0.1) is 30.3 Å². The van der Waals surface area contributed by atoms with Crippen LogP contribution < -0.4 is 19.7 Å². The summed E-state index contributed by atoms with van der Waals surface area (Å²) in [7, 11) is -1.02. The summed E-state index contributed by atoms with van der Waals surface area (Å²) in [6, 6.07) is 9.86. The summed E-state index contributed by atoms with van der Waals surface area (Å²) in [5, 5.41) is 3.50. The number of hydrogen-bond donors (Lipinski definition) is 1. The van der Waals surface area contributed by atoms with Crippen molar-refractivity contribution in [1.29, 1.82) is 0 Å². The lowest BCUT2D eigenvalue weighted by molar-refractivity contribution is -0.130. The minimum absolute atomic E-state index is 0.0573. The van der Waals surface area contributed by atoms with Gasteiger partial charge in [0.2, 0.25) is 5.91 Å². The van der Waals surface area contributed by atoms with E-state index >= 15 is 0 Å². The fraction of sp³-hybridized carbons (Fsp3) is 0.407. The SMILES string of the molecule is COc1ccc2c(c1)c(C(C)CNC(C)=O)cn2S(=O)(=O)c1ccc(OC)c(N2CCN(C(=O)C(Cl)(Cl)Cl)CC2)c1. The van der Waals surface area contributed by atoms with Crippen LogP contribution in [0.3, 0.4) is 0 Å². The number of hydrogen-bond acceptors (Lipinski definition) is 7. The van der Waals surface area contributed by atoms with Gasteiger partial charge in [-0.3, -0.25) is 9.59 Å². The van der Waals surface area contributed by atoms with Crippen LogP contribution >= 0.6 is 34.8 Å². The molecule has 41 heavy (non-hydrogen) atoms. The summed E-state index contributed by atoms with van der Waals surface area (Å²) in [6.07, 6.45) is 1.59. The highest BCUT2D eigenvalue weighted by molar-refractivity contribution is 7.90. The van der Waals surface area contributed by atoms with Gasteiger partial charge < -0.3 is 24.6 Å². The van der Waals surface area contributed by atoms with Gasteiger partial charge in [0.25, 0.3) is 19.7 Å². The predicted octanol–water partition coefficient (Wildman–Crippen LogP) is 4.15. The largest absolute Gasteiger partial charge is 0.497 e. The summed E-state index contributed by atoms with van der Waals surface area (Å²) in [5.74, 6) is 0.110. The number of rotatable bonds is 8. The van der Waals surface area contributed by atoms with Gasteiger partial charge in [0.15, 0.2) is 0 Å². The topological polar surface area (TPSA) is 110 Å². The molecule has 3 aromatic rings. The van der Waals surface area contributed by atoms with Crippen LogP contribution in [0, 0.1) is 0 Å². The Balaban J connectivity index is 1.72. The van der Waals surface area contributed by atoms with E-state index in [0.29, 0.717) is 47.7 Å². The first-order valence-corrected chi connectivity index (χ1v) is 15.3. The third-order valence-electron chi connectivity index (χ3n) is 7.05. The van der Waals surface area contributed by atoms with Crippen molar-refractivity contribution in [2.75, 3.05) is 51.8 Å². The number of methoxy groups -OCH3 is 2. The van der Waals surface area contributed by atoms with Crippen molar-refractivity contribution in [2.45, 2.75) is 28.5 Å². The Labute approximate surface area is 254 Å². The highest BCUT2D eigenvalue weighted by Gasteiger charge is 2.37. The third kappa shape index (κ3) is 6.48. The van der Waals surface area contributed by atoms with Gasteiger partial charge in [-0.15, -0.1) is 0 Å². The number of nitrogens with zero attached hydrogens (tertiary/aromatic N) is 3. The summed E-state index contributed by atoms with van der Waals surface area (Å²) in [5.41, 5.74) is 1.79. The highest BCUT2D eigenvalue weighted by atomic mass is 35.6. The number of aromatic nitrogens is 1. The van der Waals surface area contributed by atoms with Crippen molar-refractivity contribution >= 4 is 73.2 Å². The van der Waals surface area contributed by atoms with Gasteiger partial charge in [0, 0.05) is 57.1 Å². The Morgan fingerprint density at radius 1 is 1.02 bits per heavy atom. The van der Waals surface area contributed by atoms with E-state index in [9.17, 15) is 18.0 Å². The molecule has 1 unspecified atom stereocenters. The van der Waals surface area contributed by atoms with Crippen LogP contribution in [0.5, 0.6) is 11.5 Å². The number of ether oxygens (including phenoxy) is 2. The van der Waals surface area contributed by atoms with Crippen molar-refractivity contribution in [3.8, 4) is 11.5 Å². The summed E-state index contributed by atoms with van der Waals surface area (Å²) in [6.45, 7) is 5.01. The van der Waals surface area contributed by atoms with Crippen molar-refractivity contribution in [3.05, 3.63) is 48.2 Å². The van der Waals surface area contributed by atoms with E-state index in [2.05, 4.69) is 5.32 Å². The van der Waals surface area contributed by atoms with Gasteiger partial charge in [-0.25, -0.2) is 12.4 Å². The number of alkyl halides is 3. The normalized spacial score (nSPS) is 15.1. The van der Waals surface area contributed by atoms with Crippen LogP contribution in [0.4, 0.5) is 5.69 Å². The van der Waals surface area contributed by atoms with Gasteiger partial charge in [0.1, 0.15) is 11.5 Å². The van der Waals surface area contributed by atoms with Crippen LogP contribution in [0.25, 0.3) is 10.9 Å². The van der Waals surface area contributed by atoms with E-state index in [4.69, 9.17) is 44.3 Å². The zero-order valence-electron chi connectivity index (χ0n) is 23.0. The van der Waals surface area contributed by atoms with Crippen LogP contribution in [-0.4, -0.2) is 79.8 Å². The van der Waals surface area contributed by atoms with Crippen molar-refractivity contribution in [1.82, 2.24) is 14.2 Å². The molecule has 0 spiro atoms. The molecule has 14 heteroatoms. The number of carbonyl (C=O) groups excluding carboxylic acids is 2. The molecule has 1 aliphatic rings. The second-order valence-electron chi connectivity index (χ2n) is 9.72. The number of nitrogens with one attached hydrogen (secondary N) is 1. The molecule has 1 aromatic heterocycles. The van der Waals surface area contributed by atoms with Crippen molar-refractivity contribution in [3.63, 3.8) is 0 Å². The average Bonchev–Trinajstić information content (AvgIpc) is 3.34. The van der Waals surface area contributed by atoms with Crippen LogP contribution in [-0.2, 0) is 19.6 Å². The van der Waals surface area contributed by atoms with Crippen LogP contribution in [0.15, 0.2) is 47.5 Å². The monoisotopic (exact) mass is 644 g/mol. The van der Waals surface area contributed by atoms with E-state index in [-0.39, 0.29) is 29.8 Å². The number of halogens is 3. The van der Waals surface area contributed by atoms with Crippen LogP contribution in [0.2, 0.25) is 0 Å². The Kier molecular flexibility index (Phi) is 9.22. The lowest BCUT2D eigenvalue weighted by Crippen LogP contribution is -2.51. The maximum atomic E-state index is 14.1. The molecule has 0 saturated carbocycles. The lowest BCUT2D eigenvalue weighted by atomic mass is 10.0. The zero-order chi connectivity index (χ0) is 30.1. The molecular weight excluding hydrogens is 615 g/mol. The highest BCUT2D eigenvalue weighted by Crippen LogP contribution is 2.37. The van der Waals surface area contributed by atoms with Crippen LogP contribution in [0.1, 0.15) is 25.3 Å². The molecule has 2 heterocycles. The molecule has 1 atom stereocenters. The Morgan fingerprint density at radius 3 is 2.29 bits per heavy atom. The number of carbonyl (C=O) groups is 2. The fourth-order valence-corrected chi connectivity index (χ4v) is 6.61. The van der Waals surface area contributed by atoms with E-state index in [1.165, 1.54) is 29.0 Å². The number of benzene rings is 2. The van der Waals surface area contributed by atoms with Gasteiger partial charge in [-0.05, 0) is 42.0 Å². The Hall–Kier alpha value is -2.86. The molecule has 2 aromatic carbocycles. The van der Waals surface area contributed by atoms with Gasteiger partial charge in [-0.2, -0.15) is 0 Å². The molecule has 1 N–H and O–H groups in total. The molecule has 2 amide bonds. The molecule has 1 fully saturated rings. The minimum atomic E-state index is -4.07. The quantitative estimate of drug-likeness (QED) is 0.367. The molecule has 0 radical (unpaired) electrons. The number of piperazine rings is 1. The number of amides is 2. The predicted molar refractivity (Wildman–Crippen MR) is 160 cm³/mol. The second-order valence-corrected chi connectivity index (χ2v) is 13.8. The Morgan fingerprint density at radius 2 is 1.71 bits per heavy atom. The molecule has 0 bridgehead atoms. The minimum Gasteiger partial charge on any atom is -0.497 e. The van der Waals surface area contributed by atoms with Crippen molar-refractivity contribution < 1.29 is 27.5 Å². The molecule has 1 aliphatic heterocycles. The number of anilines is 1. The standard InChI is InChI=1S/C27H31Cl3N4O6S/c1-17(15-31-18(2)35)22-16-34(23-7-5-19(39-3)13-21(22)23)41(37,38)20-6-8-25(40-4)24(14-20)32-9-11-33(12-10-32)26(36)27(28,29)30/h5-8,13-14,16-17H,9-12,15H2,1-4H3,(H,31,35). The first-order chi connectivity index (χ1) is 19.3. The lowest BCUT2D eigenvalue weighted by Gasteiger charge is -2.37. The van der Waals surface area contributed by atoms with E-state index in [1.807, 2.05) is 11.8 Å². The molecule has 4 rings (SSSR count).